The number of hydrogen-bond acceptors (Lipinski definition) is 6. The Balaban J connectivity index is 2.18. The summed E-state index contributed by atoms with van der Waals surface area (Å²) in [5, 5.41) is 12.3. The van der Waals surface area contributed by atoms with Crippen molar-refractivity contribution in [2.45, 2.75) is 19.8 Å². The van der Waals surface area contributed by atoms with Crippen molar-refractivity contribution in [3.05, 3.63) is 47.5 Å². The third kappa shape index (κ3) is 4.73. The van der Waals surface area contributed by atoms with Gasteiger partial charge in [0.15, 0.2) is 0 Å². The summed E-state index contributed by atoms with van der Waals surface area (Å²) in [7, 11) is 0. The van der Waals surface area contributed by atoms with Gasteiger partial charge < -0.3 is 26.6 Å². The van der Waals surface area contributed by atoms with E-state index in [1.807, 2.05) is 0 Å². The van der Waals surface area contributed by atoms with Gasteiger partial charge in [0.05, 0.1) is 17.7 Å². The summed E-state index contributed by atoms with van der Waals surface area (Å²) < 4.78 is 5.15. The Bertz CT molecular complexity index is 864. The number of rotatable bonds is 6. The number of carbonyl (C=O) groups is 3. The molecule has 0 atom stereocenters. The van der Waals surface area contributed by atoms with Gasteiger partial charge in [-0.1, -0.05) is 12.1 Å². The van der Waals surface area contributed by atoms with Crippen LogP contribution in [0.2, 0.25) is 0 Å². The fourth-order valence-electron chi connectivity index (χ4n) is 2.19. The summed E-state index contributed by atoms with van der Waals surface area (Å²) in [5.41, 5.74) is 12.0. The second-order valence-electron chi connectivity index (χ2n) is 5.62. The molecule has 0 bridgehead atoms. The van der Waals surface area contributed by atoms with Crippen LogP contribution < -0.4 is 21.5 Å². The van der Waals surface area contributed by atoms with Gasteiger partial charge in [0, 0.05) is 18.2 Å². The summed E-state index contributed by atoms with van der Waals surface area (Å²) in [6, 6.07) is 9.03. The van der Waals surface area contributed by atoms with Crippen molar-refractivity contribution in [1.82, 2.24) is 0 Å². The molecule has 2 aromatic rings. The summed E-state index contributed by atoms with van der Waals surface area (Å²) in [4.78, 5) is 35.1. The Kier molecular flexibility index (Phi) is 5.79. The minimum Gasteiger partial charge on any atom is -0.506 e. The van der Waals surface area contributed by atoms with Crippen LogP contribution in [0, 0.1) is 6.92 Å². The van der Waals surface area contributed by atoms with Gasteiger partial charge in [-0.25, -0.2) is 0 Å². The highest BCUT2D eigenvalue weighted by Gasteiger charge is 2.17. The van der Waals surface area contributed by atoms with Gasteiger partial charge in [0.25, 0.3) is 5.91 Å². The molecule has 26 heavy (non-hydrogen) atoms. The Morgan fingerprint density at radius 3 is 2.54 bits per heavy atom. The third-order valence-corrected chi connectivity index (χ3v) is 3.55. The number of para-hydroxylation sites is 1. The number of nitrogens with two attached hydrogens (primary N) is 2. The molecule has 0 fully saturated rings. The lowest BCUT2D eigenvalue weighted by molar-refractivity contribution is -0.136. The molecule has 0 spiro atoms. The summed E-state index contributed by atoms with van der Waals surface area (Å²) in [5.74, 6) is -1.93. The zero-order chi connectivity index (χ0) is 19.3. The molecule has 0 aliphatic heterocycles. The number of hydrogen-bond donors (Lipinski definition) is 4. The summed E-state index contributed by atoms with van der Waals surface area (Å²) >= 11 is 0. The first-order valence-corrected chi connectivity index (χ1v) is 7.76. The molecule has 2 aromatic carbocycles. The standard InChI is InChI=1S/C18H19N3O5/c1-10-8-12(19)14(22)9-13(10)21-18(25)11-4-2-3-5-15(11)26-17(24)7-6-16(20)23/h2-5,8-9,22H,6-7,19H2,1H3,(H2,20,23)(H,21,25). The Hall–Kier alpha value is -3.55. The molecular weight excluding hydrogens is 338 g/mol. The van der Waals surface area contributed by atoms with E-state index < -0.39 is 17.8 Å². The fraction of sp³-hybridized carbons (Fsp3) is 0.167. The second kappa shape index (κ2) is 8.02. The molecule has 0 aliphatic rings. The SMILES string of the molecule is Cc1cc(N)c(O)cc1NC(=O)c1ccccc1OC(=O)CCC(N)=O. The zero-order valence-electron chi connectivity index (χ0n) is 14.1. The first-order valence-electron chi connectivity index (χ1n) is 7.76. The van der Waals surface area contributed by atoms with Gasteiger partial charge >= 0.3 is 5.97 Å². The lowest BCUT2D eigenvalue weighted by Gasteiger charge is -2.13. The van der Waals surface area contributed by atoms with E-state index in [1.54, 1.807) is 19.1 Å². The van der Waals surface area contributed by atoms with Crippen molar-refractivity contribution < 1.29 is 24.2 Å². The number of benzene rings is 2. The number of primary amides is 1. The van der Waals surface area contributed by atoms with Crippen molar-refractivity contribution in [2.24, 2.45) is 5.73 Å². The van der Waals surface area contributed by atoms with Crippen LogP contribution in [0.3, 0.4) is 0 Å². The number of nitrogen functional groups attached to an aromatic ring is 1. The maximum atomic E-state index is 12.5. The molecule has 136 valence electrons. The van der Waals surface area contributed by atoms with Crippen LogP contribution in [0.25, 0.3) is 0 Å². The smallest absolute Gasteiger partial charge is 0.311 e. The van der Waals surface area contributed by atoms with Gasteiger partial charge in [-0.15, -0.1) is 0 Å². The van der Waals surface area contributed by atoms with Gasteiger partial charge in [0.1, 0.15) is 11.5 Å². The first kappa shape index (κ1) is 18.8. The van der Waals surface area contributed by atoms with Gasteiger partial charge in [-0.3, -0.25) is 14.4 Å². The van der Waals surface area contributed by atoms with Gasteiger partial charge in [-0.2, -0.15) is 0 Å². The summed E-state index contributed by atoms with van der Waals surface area (Å²) in [6.45, 7) is 1.72. The monoisotopic (exact) mass is 357 g/mol. The van der Waals surface area contributed by atoms with E-state index in [9.17, 15) is 19.5 Å². The number of anilines is 2. The van der Waals surface area contributed by atoms with Crippen molar-refractivity contribution in [1.29, 1.82) is 0 Å². The Labute approximate surface area is 149 Å². The first-order chi connectivity index (χ1) is 12.3. The predicted octanol–water partition coefficient (Wildman–Crippen LogP) is 1.71. The molecule has 0 radical (unpaired) electrons. The van der Waals surface area contributed by atoms with E-state index in [1.165, 1.54) is 24.3 Å². The van der Waals surface area contributed by atoms with Crippen molar-refractivity contribution >= 4 is 29.2 Å². The predicted molar refractivity (Wildman–Crippen MR) is 95.7 cm³/mol. The molecule has 0 aromatic heterocycles. The third-order valence-electron chi connectivity index (χ3n) is 3.55. The van der Waals surface area contributed by atoms with E-state index in [4.69, 9.17) is 16.2 Å². The molecule has 8 nitrogen and oxygen atoms in total. The van der Waals surface area contributed by atoms with E-state index >= 15 is 0 Å². The molecule has 6 N–H and O–H groups in total. The number of esters is 1. The number of aryl methyl sites for hydroxylation is 1. The topological polar surface area (TPSA) is 145 Å². The number of phenolic OH excluding ortho intramolecular Hbond substituents is 1. The maximum Gasteiger partial charge on any atom is 0.311 e. The van der Waals surface area contributed by atoms with Crippen LogP contribution in [-0.4, -0.2) is 22.9 Å². The van der Waals surface area contributed by atoms with Crippen LogP contribution in [0.4, 0.5) is 11.4 Å². The number of amides is 2. The number of carbonyl (C=O) groups excluding carboxylic acids is 3. The lowest BCUT2D eigenvalue weighted by atomic mass is 10.1. The largest absolute Gasteiger partial charge is 0.506 e. The average Bonchev–Trinajstić information content (AvgIpc) is 2.58. The number of nitrogens with one attached hydrogen (secondary N) is 1. The van der Waals surface area contributed by atoms with E-state index in [0.29, 0.717) is 11.3 Å². The average molecular weight is 357 g/mol. The molecule has 0 saturated heterocycles. The molecule has 0 unspecified atom stereocenters. The van der Waals surface area contributed by atoms with E-state index in [2.05, 4.69) is 5.32 Å². The molecule has 2 amide bonds. The van der Waals surface area contributed by atoms with Crippen molar-refractivity contribution in [3.8, 4) is 11.5 Å². The maximum absolute atomic E-state index is 12.5. The van der Waals surface area contributed by atoms with Crippen LogP contribution in [-0.2, 0) is 9.59 Å². The van der Waals surface area contributed by atoms with E-state index in [-0.39, 0.29) is 35.6 Å². The van der Waals surface area contributed by atoms with Crippen LogP contribution in [0.1, 0.15) is 28.8 Å². The molecule has 0 saturated carbocycles. The van der Waals surface area contributed by atoms with Gasteiger partial charge in [-0.05, 0) is 30.7 Å². The lowest BCUT2D eigenvalue weighted by Crippen LogP contribution is -2.18. The molecular formula is C18H19N3O5. The van der Waals surface area contributed by atoms with Crippen molar-refractivity contribution in [3.63, 3.8) is 0 Å². The normalized spacial score (nSPS) is 10.2. The molecule has 2 rings (SSSR count). The highest BCUT2D eigenvalue weighted by molar-refractivity contribution is 6.07. The highest BCUT2D eigenvalue weighted by atomic mass is 16.5. The van der Waals surface area contributed by atoms with Crippen molar-refractivity contribution in [2.75, 3.05) is 11.1 Å². The molecule has 0 aliphatic carbocycles. The Morgan fingerprint density at radius 2 is 1.85 bits per heavy atom. The minimum absolute atomic E-state index is 0.0526. The quantitative estimate of drug-likeness (QED) is 0.268. The van der Waals surface area contributed by atoms with Crippen LogP contribution in [0.5, 0.6) is 11.5 Å². The number of aromatic hydroxyl groups is 1. The highest BCUT2D eigenvalue weighted by Crippen LogP contribution is 2.29. The zero-order valence-corrected chi connectivity index (χ0v) is 14.1. The molecule has 0 heterocycles. The Morgan fingerprint density at radius 1 is 1.15 bits per heavy atom. The van der Waals surface area contributed by atoms with Gasteiger partial charge in [0.2, 0.25) is 5.91 Å². The van der Waals surface area contributed by atoms with Crippen LogP contribution >= 0.6 is 0 Å². The fourth-order valence-corrected chi connectivity index (χ4v) is 2.19. The minimum atomic E-state index is -0.676. The van der Waals surface area contributed by atoms with Crippen LogP contribution in [0.15, 0.2) is 36.4 Å². The molecule has 8 heteroatoms. The number of phenols is 1. The van der Waals surface area contributed by atoms with E-state index in [0.717, 1.165) is 0 Å². The second-order valence-corrected chi connectivity index (χ2v) is 5.62. The number of ether oxygens (including phenoxy) is 1. The summed E-state index contributed by atoms with van der Waals surface area (Å²) in [6.07, 6.45) is -0.326.